The molecule has 0 fully saturated rings. The van der Waals surface area contributed by atoms with Gasteiger partial charge in [0.2, 0.25) is 0 Å². The molecule has 10 rings (SSSR count). The van der Waals surface area contributed by atoms with E-state index < -0.39 is 0 Å². The fourth-order valence-corrected chi connectivity index (χ4v) is 8.96. The van der Waals surface area contributed by atoms with Crippen LogP contribution in [0.4, 0.5) is 5.69 Å². The van der Waals surface area contributed by atoms with E-state index in [0.29, 0.717) is 5.82 Å². The third kappa shape index (κ3) is 6.32. The molecule has 0 radical (unpaired) electrons. The molecule has 0 aliphatic carbocycles. The highest BCUT2D eigenvalue weighted by Gasteiger charge is 2.20. The number of hydrogen-bond acceptors (Lipinski definition) is 5. The van der Waals surface area contributed by atoms with Crippen LogP contribution >= 0.6 is 11.3 Å². The second-order valence-electron chi connectivity index (χ2n) is 14.5. The van der Waals surface area contributed by atoms with Gasteiger partial charge in [-0.1, -0.05) is 152 Å². The summed E-state index contributed by atoms with van der Waals surface area (Å²) in [6.45, 7) is 8.72. The van der Waals surface area contributed by atoms with E-state index in [1.807, 2.05) is 30.3 Å². The van der Waals surface area contributed by atoms with Crippen LogP contribution in [0.1, 0.15) is 28.5 Å². The third-order valence-corrected chi connectivity index (χ3v) is 12.1. The van der Waals surface area contributed by atoms with Crippen molar-refractivity contribution < 1.29 is 4.42 Å². The van der Waals surface area contributed by atoms with Gasteiger partial charge in [0, 0.05) is 54.4 Å². The average molecular weight is 764 g/mol. The first-order valence-electron chi connectivity index (χ1n) is 19.4. The SMILES string of the molecule is C=C(c1ccccc1)c1sc2ccccc2c1N=C(C)c1cccc(-c2cccc3c2oc2ccc(-c4nc(-c5ccccc5)nc(-c5ccccc5)c4C)cc23)c1. The number of hydrogen-bond donors (Lipinski definition) is 0. The van der Waals surface area contributed by atoms with Gasteiger partial charge >= 0.3 is 0 Å². The maximum Gasteiger partial charge on any atom is 0.160 e. The van der Waals surface area contributed by atoms with Gasteiger partial charge in [-0.25, -0.2) is 9.97 Å². The highest BCUT2D eigenvalue weighted by Crippen LogP contribution is 2.44. The fraction of sp³-hybridized carbons (Fsp3) is 0.0377. The lowest BCUT2D eigenvalue weighted by molar-refractivity contribution is 0.670. The summed E-state index contributed by atoms with van der Waals surface area (Å²) in [6, 6.07) is 60.7. The molecule has 0 saturated heterocycles. The van der Waals surface area contributed by atoms with Crippen LogP contribution in [0.2, 0.25) is 0 Å². The first-order valence-corrected chi connectivity index (χ1v) is 20.2. The Morgan fingerprint density at radius 2 is 1.19 bits per heavy atom. The lowest BCUT2D eigenvalue weighted by Crippen LogP contribution is -2.00. The van der Waals surface area contributed by atoms with E-state index in [1.54, 1.807) is 11.3 Å². The Balaban J connectivity index is 1.05. The molecule has 7 aromatic carbocycles. The molecule has 0 spiro atoms. The maximum atomic E-state index is 6.69. The van der Waals surface area contributed by atoms with Crippen molar-refractivity contribution in [3.05, 3.63) is 204 Å². The zero-order valence-electron chi connectivity index (χ0n) is 32.1. The number of para-hydroxylation sites is 1. The van der Waals surface area contributed by atoms with E-state index in [-0.39, 0.29) is 0 Å². The summed E-state index contributed by atoms with van der Waals surface area (Å²) in [5.74, 6) is 0.697. The molecule has 4 nitrogen and oxygen atoms in total. The molecule has 5 heteroatoms. The lowest BCUT2D eigenvalue weighted by atomic mass is 9.97. The normalized spacial score (nSPS) is 11.8. The van der Waals surface area contributed by atoms with E-state index in [0.717, 1.165) is 105 Å². The smallest absolute Gasteiger partial charge is 0.160 e. The molecule has 0 bridgehead atoms. The molecule has 0 unspecified atom stereocenters. The van der Waals surface area contributed by atoms with Gasteiger partial charge in [-0.2, -0.15) is 0 Å². The Kier molecular flexibility index (Phi) is 8.93. The highest BCUT2D eigenvalue weighted by molar-refractivity contribution is 7.20. The summed E-state index contributed by atoms with van der Waals surface area (Å²) in [5.41, 5.74) is 14.7. The van der Waals surface area contributed by atoms with Crippen molar-refractivity contribution in [1.82, 2.24) is 9.97 Å². The van der Waals surface area contributed by atoms with Crippen LogP contribution in [0, 0.1) is 6.92 Å². The van der Waals surface area contributed by atoms with E-state index in [4.69, 9.17) is 19.4 Å². The minimum absolute atomic E-state index is 0.697. The topological polar surface area (TPSA) is 51.3 Å². The van der Waals surface area contributed by atoms with Crippen molar-refractivity contribution in [1.29, 1.82) is 0 Å². The minimum Gasteiger partial charge on any atom is -0.455 e. The van der Waals surface area contributed by atoms with Gasteiger partial charge in [0.1, 0.15) is 11.2 Å². The van der Waals surface area contributed by atoms with E-state index >= 15 is 0 Å². The van der Waals surface area contributed by atoms with E-state index in [1.165, 1.54) is 4.70 Å². The number of aliphatic imine (C=N–C) groups is 1. The van der Waals surface area contributed by atoms with E-state index in [9.17, 15) is 0 Å². The number of fused-ring (bicyclic) bond motifs is 4. The molecule has 3 heterocycles. The number of rotatable bonds is 8. The molecule has 10 aromatic rings. The summed E-state index contributed by atoms with van der Waals surface area (Å²) in [5, 5.41) is 3.22. The number of furan rings is 1. The quantitative estimate of drug-likeness (QED) is 0.145. The van der Waals surface area contributed by atoms with Gasteiger partial charge in [-0.3, -0.25) is 4.99 Å². The zero-order chi connectivity index (χ0) is 39.2. The van der Waals surface area contributed by atoms with Crippen LogP contribution in [-0.2, 0) is 0 Å². The molecular weight excluding hydrogens is 727 g/mol. The fourth-order valence-electron chi connectivity index (χ4n) is 7.83. The van der Waals surface area contributed by atoms with Crippen LogP contribution in [0.5, 0.6) is 0 Å². The van der Waals surface area contributed by atoms with Crippen molar-refractivity contribution in [2.45, 2.75) is 13.8 Å². The van der Waals surface area contributed by atoms with Crippen molar-refractivity contribution in [3.8, 4) is 45.0 Å². The summed E-state index contributed by atoms with van der Waals surface area (Å²) >= 11 is 1.74. The van der Waals surface area contributed by atoms with Crippen LogP contribution in [-0.4, -0.2) is 15.7 Å². The van der Waals surface area contributed by atoms with Gasteiger partial charge in [0.25, 0.3) is 0 Å². The van der Waals surface area contributed by atoms with Crippen LogP contribution in [0.3, 0.4) is 0 Å². The molecule has 276 valence electrons. The minimum atomic E-state index is 0.697. The van der Waals surface area contributed by atoms with Gasteiger partial charge in [-0.05, 0) is 66.4 Å². The summed E-state index contributed by atoms with van der Waals surface area (Å²) in [6.07, 6.45) is 0. The Labute approximate surface area is 341 Å². The maximum absolute atomic E-state index is 6.69. The largest absolute Gasteiger partial charge is 0.455 e. The Bertz CT molecular complexity index is 3200. The molecular formula is C53H37N3OS. The van der Waals surface area contributed by atoms with Crippen molar-refractivity contribution in [3.63, 3.8) is 0 Å². The van der Waals surface area contributed by atoms with Gasteiger partial charge < -0.3 is 4.42 Å². The van der Waals surface area contributed by atoms with Crippen LogP contribution in [0.15, 0.2) is 192 Å². The van der Waals surface area contributed by atoms with Crippen LogP contribution in [0.25, 0.3) is 82.6 Å². The average Bonchev–Trinajstić information content (AvgIpc) is 3.85. The first kappa shape index (κ1) is 35.2. The molecule has 0 amide bonds. The van der Waals surface area contributed by atoms with Crippen molar-refractivity contribution >= 4 is 60.3 Å². The standard InChI is InChI=1S/C53H37N3OS/c1-33(36-17-7-4-8-18-36)52-50(44-25-13-14-28-47(44)58-52)54-35(3)39-23-15-24-40(31-39)42-26-16-27-43-45-32-41(29-30-46(45)57-51(42)43)49-34(2)48(37-19-9-5-10-20-37)55-53(56-49)38-21-11-6-12-22-38/h4-32H,1H2,2-3H3. The predicted molar refractivity (Wildman–Crippen MR) is 244 cm³/mol. The van der Waals surface area contributed by atoms with Crippen molar-refractivity contribution in [2.75, 3.05) is 0 Å². The summed E-state index contributed by atoms with van der Waals surface area (Å²) < 4.78 is 7.88. The molecule has 0 aliphatic heterocycles. The zero-order valence-corrected chi connectivity index (χ0v) is 32.9. The van der Waals surface area contributed by atoms with Gasteiger partial charge in [-0.15, -0.1) is 11.3 Å². The highest BCUT2D eigenvalue weighted by atomic mass is 32.1. The molecule has 0 atom stereocenters. The van der Waals surface area contributed by atoms with Crippen molar-refractivity contribution in [2.24, 2.45) is 4.99 Å². The predicted octanol–water partition coefficient (Wildman–Crippen LogP) is 14.8. The summed E-state index contributed by atoms with van der Waals surface area (Å²) in [4.78, 5) is 16.7. The second-order valence-corrected chi connectivity index (χ2v) is 15.5. The lowest BCUT2D eigenvalue weighted by Gasteiger charge is -2.13. The van der Waals surface area contributed by atoms with E-state index in [2.05, 4.69) is 166 Å². The Morgan fingerprint density at radius 1 is 0.569 bits per heavy atom. The molecule has 0 N–H and O–H groups in total. The molecule has 0 saturated carbocycles. The first-order chi connectivity index (χ1) is 28.5. The monoisotopic (exact) mass is 763 g/mol. The number of thiophene rings is 1. The molecule has 0 aliphatic rings. The molecule has 58 heavy (non-hydrogen) atoms. The Morgan fingerprint density at radius 3 is 1.97 bits per heavy atom. The molecule has 3 aromatic heterocycles. The number of benzene rings is 7. The number of nitrogens with zero attached hydrogens (tertiary/aromatic N) is 3. The number of aromatic nitrogens is 2. The van der Waals surface area contributed by atoms with Crippen LogP contribution < -0.4 is 0 Å². The second kappa shape index (κ2) is 14.7. The third-order valence-electron chi connectivity index (χ3n) is 10.8. The van der Waals surface area contributed by atoms with Gasteiger partial charge in [0.05, 0.1) is 22.0 Å². The Hall–Kier alpha value is -7.21. The van der Waals surface area contributed by atoms with Gasteiger partial charge in [0.15, 0.2) is 5.82 Å². The summed E-state index contributed by atoms with van der Waals surface area (Å²) in [7, 11) is 0.